The molecule has 0 amide bonds. The minimum atomic E-state index is 0.150. The number of allylic oxidation sites excluding steroid dienone is 1. The summed E-state index contributed by atoms with van der Waals surface area (Å²) >= 11 is 1.64. The van der Waals surface area contributed by atoms with Crippen LogP contribution in [0.25, 0.3) is 17.2 Å². The van der Waals surface area contributed by atoms with Crippen LogP contribution in [0.1, 0.15) is 86.5 Å². The van der Waals surface area contributed by atoms with Gasteiger partial charge in [-0.05, 0) is 0 Å². The van der Waals surface area contributed by atoms with Gasteiger partial charge >= 0.3 is 187 Å². The van der Waals surface area contributed by atoms with E-state index in [1.54, 1.807) is 35.9 Å². The Labute approximate surface area is 186 Å². The normalized spacial score (nSPS) is 21.2. The van der Waals surface area contributed by atoms with Gasteiger partial charge in [0.25, 0.3) is 0 Å². The molecule has 0 saturated heterocycles. The average molecular weight is 449 g/mol. The Morgan fingerprint density at radius 3 is 2.32 bits per heavy atom. The molecule has 2 aliphatic rings. The van der Waals surface area contributed by atoms with Crippen LogP contribution in [-0.4, -0.2) is 0 Å². The second-order valence-corrected chi connectivity index (χ2v) is 11.7. The molecule has 2 aromatic carbocycles. The van der Waals surface area contributed by atoms with Gasteiger partial charge in [-0.3, -0.25) is 0 Å². The van der Waals surface area contributed by atoms with Gasteiger partial charge in [0.1, 0.15) is 0 Å². The van der Waals surface area contributed by atoms with Crippen molar-refractivity contribution in [3.8, 4) is 11.1 Å². The SMILES string of the molecule is CC1(CC2=Cc3c(-c4ccccc4C(C)(C)C)cccc3[CH]2[Zr])CCCCC1. The van der Waals surface area contributed by atoms with Crippen molar-refractivity contribution >= 4 is 6.08 Å². The standard InChI is InChI=1S/C27H33.Zr/c1-26(2,3)25-14-7-6-12-23(25)22-13-10-11-21-17-20(18-24(21)22)19-27(4)15-8-5-9-16-27;/h6-7,10-14,17-18H,5,8-9,15-16,19H2,1-4H3;. The summed E-state index contributed by atoms with van der Waals surface area (Å²) in [5, 5.41) is 0. The van der Waals surface area contributed by atoms with Gasteiger partial charge in [0.05, 0.1) is 0 Å². The van der Waals surface area contributed by atoms with Gasteiger partial charge in [-0.25, -0.2) is 0 Å². The molecular weight excluding hydrogens is 416 g/mol. The zero-order valence-corrected chi connectivity index (χ0v) is 20.4. The quantitative estimate of drug-likeness (QED) is 0.446. The summed E-state index contributed by atoms with van der Waals surface area (Å²) in [4.78, 5) is 0. The Bertz CT molecular complexity index is 891. The van der Waals surface area contributed by atoms with E-state index < -0.39 is 0 Å². The maximum absolute atomic E-state index is 2.57. The van der Waals surface area contributed by atoms with Gasteiger partial charge < -0.3 is 0 Å². The van der Waals surface area contributed by atoms with Crippen molar-refractivity contribution in [2.45, 2.75) is 75.3 Å². The monoisotopic (exact) mass is 447 g/mol. The number of benzene rings is 2. The van der Waals surface area contributed by atoms with Crippen LogP contribution in [0, 0.1) is 5.41 Å². The molecule has 0 heterocycles. The summed E-state index contributed by atoms with van der Waals surface area (Å²) in [6, 6.07) is 16.0. The molecule has 1 unspecified atom stereocenters. The third kappa shape index (κ3) is 3.89. The van der Waals surface area contributed by atoms with E-state index in [4.69, 9.17) is 0 Å². The van der Waals surface area contributed by atoms with E-state index in [1.165, 1.54) is 60.8 Å². The Balaban J connectivity index is 1.75. The van der Waals surface area contributed by atoms with Crippen molar-refractivity contribution in [3.63, 3.8) is 0 Å². The fourth-order valence-corrected chi connectivity index (χ4v) is 6.37. The van der Waals surface area contributed by atoms with Crippen LogP contribution < -0.4 is 0 Å². The number of rotatable bonds is 3. The van der Waals surface area contributed by atoms with Gasteiger partial charge in [-0.15, -0.1) is 0 Å². The number of hydrogen-bond donors (Lipinski definition) is 0. The second-order valence-electron chi connectivity index (χ2n) is 10.3. The van der Waals surface area contributed by atoms with Crippen molar-refractivity contribution in [1.29, 1.82) is 0 Å². The number of hydrogen-bond acceptors (Lipinski definition) is 0. The van der Waals surface area contributed by atoms with Crippen LogP contribution in [0.4, 0.5) is 0 Å². The molecule has 1 atom stereocenters. The Morgan fingerprint density at radius 1 is 0.929 bits per heavy atom. The van der Waals surface area contributed by atoms with Crippen molar-refractivity contribution < 1.29 is 24.7 Å². The zero-order chi connectivity index (χ0) is 19.9. The molecule has 0 aromatic heterocycles. The van der Waals surface area contributed by atoms with Crippen molar-refractivity contribution in [2.75, 3.05) is 0 Å². The molecular formula is C27H33Zr. The molecule has 2 aromatic rings. The van der Waals surface area contributed by atoms with Gasteiger partial charge in [-0.2, -0.15) is 0 Å². The molecule has 0 radical (unpaired) electrons. The molecule has 0 spiro atoms. The summed E-state index contributed by atoms with van der Waals surface area (Å²) in [5.41, 5.74) is 9.71. The van der Waals surface area contributed by atoms with Crippen molar-refractivity contribution in [2.24, 2.45) is 5.41 Å². The third-order valence-electron chi connectivity index (χ3n) is 6.87. The van der Waals surface area contributed by atoms with Crippen molar-refractivity contribution in [1.82, 2.24) is 0 Å². The molecule has 4 rings (SSSR count). The Morgan fingerprint density at radius 2 is 1.61 bits per heavy atom. The molecule has 0 nitrogen and oxygen atoms in total. The molecule has 0 N–H and O–H groups in total. The molecule has 2 aliphatic carbocycles. The van der Waals surface area contributed by atoms with Crippen LogP contribution in [0.15, 0.2) is 48.0 Å². The van der Waals surface area contributed by atoms with E-state index in [-0.39, 0.29) is 5.41 Å². The second kappa shape index (κ2) is 7.72. The first-order valence-electron chi connectivity index (χ1n) is 10.9. The number of fused-ring (bicyclic) bond motifs is 1. The summed E-state index contributed by atoms with van der Waals surface area (Å²) in [5.74, 6) is 0. The van der Waals surface area contributed by atoms with Crippen LogP contribution in [0.3, 0.4) is 0 Å². The fourth-order valence-electron chi connectivity index (χ4n) is 5.30. The fraction of sp³-hybridized carbons (Fsp3) is 0.481. The summed E-state index contributed by atoms with van der Waals surface area (Å²) < 4.78 is 0.641. The van der Waals surface area contributed by atoms with Crippen LogP contribution >= 0.6 is 0 Å². The van der Waals surface area contributed by atoms with Crippen LogP contribution in [0.5, 0.6) is 0 Å². The average Bonchev–Trinajstić information content (AvgIpc) is 2.97. The van der Waals surface area contributed by atoms with Crippen LogP contribution in [-0.2, 0) is 30.1 Å². The van der Waals surface area contributed by atoms with E-state index in [1.807, 2.05) is 0 Å². The van der Waals surface area contributed by atoms with Crippen LogP contribution in [0.2, 0.25) is 0 Å². The minimum absolute atomic E-state index is 0.150. The zero-order valence-electron chi connectivity index (χ0n) is 17.9. The van der Waals surface area contributed by atoms with Gasteiger partial charge in [0.15, 0.2) is 0 Å². The predicted molar refractivity (Wildman–Crippen MR) is 117 cm³/mol. The van der Waals surface area contributed by atoms with Gasteiger partial charge in [0.2, 0.25) is 0 Å². The molecule has 1 saturated carbocycles. The summed E-state index contributed by atoms with van der Waals surface area (Å²) in [6.07, 6.45) is 10.9. The van der Waals surface area contributed by atoms with Gasteiger partial charge in [-0.1, -0.05) is 0 Å². The Kier molecular flexibility index (Phi) is 5.61. The molecule has 1 fully saturated rings. The molecule has 28 heavy (non-hydrogen) atoms. The summed E-state index contributed by atoms with van der Waals surface area (Å²) in [6.45, 7) is 9.52. The topological polar surface area (TPSA) is 0 Å². The van der Waals surface area contributed by atoms with E-state index in [9.17, 15) is 0 Å². The van der Waals surface area contributed by atoms with E-state index >= 15 is 0 Å². The third-order valence-corrected chi connectivity index (χ3v) is 8.54. The first-order chi connectivity index (χ1) is 13.3. The molecule has 0 bridgehead atoms. The molecule has 0 aliphatic heterocycles. The predicted octanol–water partition coefficient (Wildman–Crippen LogP) is 8.00. The van der Waals surface area contributed by atoms with E-state index in [2.05, 4.69) is 76.2 Å². The van der Waals surface area contributed by atoms with E-state index in [0.717, 1.165) is 0 Å². The van der Waals surface area contributed by atoms with Crippen molar-refractivity contribution in [3.05, 3.63) is 64.7 Å². The molecule has 145 valence electrons. The summed E-state index contributed by atoms with van der Waals surface area (Å²) in [7, 11) is 0. The molecule has 1 heteroatoms. The Hall–Kier alpha value is -0.937. The van der Waals surface area contributed by atoms with Gasteiger partial charge in [0, 0.05) is 0 Å². The van der Waals surface area contributed by atoms with E-state index in [0.29, 0.717) is 9.04 Å². The first kappa shape index (κ1) is 20.3. The first-order valence-corrected chi connectivity index (χ1v) is 12.3. The maximum atomic E-state index is 2.57.